The van der Waals surface area contributed by atoms with Crippen molar-refractivity contribution in [2.24, 2.45) is 0 Å². The molecule has 0 spiro atoms. The molecule has 1 heterocycles. The van der Waals surface area contributed by atoms with E-state index in [2.05, 4.69) is 170 Å². The largest absolute Gasteiger partial charge is 0.455 e. The van der Waals surface area contributed by atoms with E-state index in [0.717, 1.165) is 37.1 Å². The van der Waals surface area contributed by atoms with Crippen molar-refractivity contribution in [2.45, 2.75) is 51.9 Å². The summed E-state index contributed by atoms with van der Waals surface area (Å²) >= 11 is 0. The first-order valence-electron chi connectivity index (χ1n) is 19.9. The summed E-state index contributed by atoms with van der Waals surface area (Å²) in [6, 6.07) is 54.2. The summed E-state index contributed by atoms with van der Waals surface area (Å²) in [5, 5.41) is 26.2. The number of rotatable bonds is 10. The first kappa shape index (κ1) is 32.4. The average Bonchev–Trinajstić information content (AvgIpc) is 3.63. The van der Waals surface area contributed by atoms with E-state index in [1.165, 1.54) is 97.7 Å². The Kier molecular flexibility index (Phi) is 7.55. The first-order valence-corrected chi connectivity index (χ1v) is 19.9. The number of benzene rings is 10. The number of hydrogen-bond donors (Lipinski definition) is 2. The Hall–Kier alpha value is -6.00. The van der Waals surface area contributed by atoms with Gasteiger partial charge in [0.15, 0.2) is 0 Å². The summed E-state index contributed by atoms with van der Waals surface area (Å²) in [4.78, 5) is 0. The summed E-state index contributed by atoms with van der Waals surface area (Å²) in [6.45, 7) is 6.09. The standard InChI is InChI=1S/C52H42N2O/c1-3-45(53-29-37-23-21-35-19-17-31-9-5-11-33-25-27-39(37)49(35)47(31)33)43-15-7-13-41-42-14-8-16-44(52(42)55-51(41)43)46(4-2)54-30-38-24-22-36-20-18-32-10-6-12-34-26-28-40(38)50(36)48(32)34/h5-28,45-46,53-54H,3-4,29-30H2,1-2H3/t45-,46-/m1/s1. The SMILES string of the molecule is CC[C@@H](NCc1ccc2ccc3cccc4ccc1c2c34)c1cccc2c1oc1c([C@@H](CC)NCc3ccc4ccc5cccc6ccc3c4c56)cccc12. The summed E-state index contributed by atoms with van der Waals surface area (Å²) in [7, 11) is 0. The molecule has 11 aromatic rings. The summed E-state index contributed by atoms with van der Waals surface area (Å²) in [5.41, 5.74) is 7.06. The van der Waals surface area contributed by atoms with Gasteiger partial charge in [-0.15, -0.1) is 0 Å². The van der Waals surface area contributed by atoms with Crippen molar-refractivity contribution in [3.63, 3.8) is 0 Å². The van der Waals surface area contributed by atoms with Gasteiger partial charge in [0.25, 0.3) is 0 Å². The van der Waals surface area contributed by atoms with E-state index in [0.29, 0.717) is 0 Å². The fourth-order valence-electron chi connectivity index (χ4n) is 9.73. The predicted molar refractivity (Wildman–Crippen MR) is 234 cm³/mol. The number of hydrogen-bond acceptors (Lipinski definition) is 3. The average molecular weight is 711 g/mol. The molecule has 10 aromatic carbocycles. The predicted octanol–water partition coefficient (Wildman–Crippen LogP) is 13.9. The normalized spacial score (nSPS) is 13.6. The minimum atomic E-state index is 0.140. The van der Waals surface area contributed by atoms with Crippen LogP contribution in [-0.2, 0) is 13.1 Å². The molecule has 0 aliphatic carbocycles. The van der Waals surface area contributed by atoms with Crippen LogP contribution in [0, 0.1) is 0 Å². The van der Waals surface area contributed by atoms with Gasteiger partial charge in [0.05, 0.1) is 0 Å². The van der Waals surface area contributed by atoms with Gasteiger partial charge in [0, 0.05) is 47.1 Å². The van der Waals surface area contributed by atoms with Crippen molar-refractivity contribution in [3.8, 4) is 0 Å². The van der Waals surface area contributed by atoms with Crippen LogP contribution in [0.15, 0.2) is 150 Å². The van der Waals surface area contributed by atoms with Gasteiger partial charge >= 0.3 is 0 Å². The van der Waals surface area contributed by atoms with Crippen LogP contribution >= 0.6 is 0 Å². The molecule has 1 aromatic heterocycles. The fraction of sp³-hybridized carbons (Fsp3) is 0.154. The Morgan fingerprint density at radius 2 is 0.745 bits per heavy atom. The lowest BCUT2D eigenvalue weighted by molar-refractivity contribution is 0.507. The zero-order valence-electron chi connectivity index (χ0n) is 31.2. The van der Waals surface area contributed by atoms with Crippen LogP contribution in [-0.4, -0.2) is 0 Å². The molecule has 0 unspecified atom stereocenters. The topological polar surface area (TPSA) is 37.2 Å². The molecular formula is C52H42N2O. The van der Waals surface area contributed by atoms with Crippen LogP contribution in [0.25, 0.3) is 86.6 Å². The van der Waals surface area contributed by atoms with E-state index in [4.69, 9.17) is 4.42 Å². The Morgan fingerprint density at radius 1 is 0.382 bits per heavy atom. The molecule has 0 aliphatic rings. The highest BCUT2D eigenvalue weighted by Crippen LogP contribution is 2.40. The maximum Gasteiger partial charge on any atom is 0.140 e. The number of fused-ring (bicyclic) bond motifs is 3. The Morgan fingerprint density at radius 3 is 1.16 bits per heavy atom. The van der Waals surface area contributed by atoms with Gasteiger partial charge in [0.2, 0.25) is 0 Å². The molecule has 0 fully saturated rings. The molecule has 0 amide bonds. The Balaban J connectivity index is 0.917. The van der Waals surface area contributed by atoms with E-state index in [-0.39, 0.29) is 12.1 Å². The maximum absolute atomic E-state index is 7.00. The highest BCUT2D eigenvalue weighted by atomic mass is 16.3. The second-order valence-corrected chi connectivity index (χ2v) is 15.4. The van der Waals surface area contributed by atoms with Crippen molar-refractivity contribution in [1.29, 1.82) is 0 Å². The monoisotopic (exact) mass is 710 g/mol. The van der Waals surface area contributed by atoms with Gasteiger partial charge in [-0.25, -0.2) is 0 Å². The van der Waals surface area contributed by atoms with Crippen LogP contribution in [0.1, 0.15) is 61.0 Å². The van der Waals surface area contributed by atoms with Gasteiger partial charge in [-0.1, -0.05) is 159 Å². The van der Waals surface area contributed by atoms with E-state index in [9.17, 15) is 0 Å². The quantitative estimate of drug-likeness (QED) is 0.139. The number of furan rings is 1. The molecule has 55 heavy (non-hydrogen) atoms. The molecule has 2 N–H and O–H groups in total. The molecular weight excluding hydrogens is 669 g/mol. The molecule has 0 aliphatic heterocycles. The van der Waals surface area contributed by atoms with Crippen molar-refractivity contribution < 1.29 is 4.42 Å². The van der Waals surface area contributed by atoms with Gasteiger partial charge in [0.1, 0.15) is 11.2 Å². The van der Waals surface area contributed by atoms with Gasteiger partial charge in [-0.3, -0.25) is 0 Å². The van der Waals surface area contributed by atoms with Gasteiger partial charge < -0.3 is 15.1 Å². The molecule has 3 nitrogen and oxygen atoms in total. The zero-order valence-corrected chi connectivity index (χ0v) is 31.2. The van der Waals surface area contributed by atoms with Gasteiger partial charge in [-0.2, -0.15) is 0 Å². The second kappa shape index (κ2) is 12.8. The third-order valence-corrected chi connectivity index (χ3v) is 12.5. The lowest BCUT2D eigenvalue weighted by Gasteiger charge is -2.20. The van der Waals surface area contributed by atoms with Crippen LogP contribution in [0.3, 0.4) is 0 Å². The Bertz CT molecular complexity index is 2960. The van der Waals surface area contributed by atoms with E-state index < -0.39 is 0 Å². The lowest BCUT2D eigenvalue weighted by Crippen LogP contribution is -2.20. The minimum absolute atomic E-state index is 0.140. The lowest BCUT2D eigenvalue weighted by atomic mass is 9.91. The number of nitrogens with one attached hydrogen (secondary N) is 2. The van der Waals surface area contributed by atoms with Gasteiger partial charge in [-0.05, 0) is 88.6 Å². The molecule has 0 bridgehead atoms. The van der Waals surface area contributed by atoms with Crippen molar-refractivity contribution in [3.05, 3.63) is 168 Å². The summed E-state index contributed by atoms with van der Waals surface area (Å²) in [5.74, 6) is 0. The fourth-order valence-corrected chi connectivity index (χ4v) is 9.73. The van der Waals surface area contributed by atoms with Crippen LogP contribution in [0.2, 0.25) is 0 Å². The second-order valence-electron chi connectivity index (χ2n) is 15.4. The van der Waals surface area contributed by atoms with E-state index >= 15 is 0 Å². The highest BCUT2D eigenvalue weighted by molar-refractivity contribution is 6.24. The van der Waals surface area contributed by atoms with E-state index in [1.54, 1.807) is 0 Å². The summed E-state index contributed by atoms with van der Waals surface area (Å²) < 4.78 is 7.00. The number of para-hydroxylation sites is 2. The van der Waals surface area contributed by atoms with Crippen LogP contribution < -0.4 is 10.6 Å². The smallest absolute Gasteiger partial charge is 0.140 e. The van der Waals surface area contributed by atoms with Crippen LogP contribution in [0.5, 0.6) is 0 Å². The minimum Gasteiger partial charge on any atom is -0.455 e. The molecule has 0 saturated carbocycles. The molecule has 11 rings (SSSR count). The zero-order chi connectivity index (χ0) is 36.6. The van der Waals surface area contributed by atoms with Crippen molar-refractivity contribution >= 4 is 86.6 Å². The van der Waals surface area contributed by atoms with Crippen LogP contribution in [0.4, 0.5) is 0 Å². The highest BCUT2D eigenvalue weighted by Gasteiger charge is 2.22. The maximum atomic E-state index is 7.00. The van der Waals surface area contributed by atoms with Crippen molar-refractivity contribution in [2.75, 3.05) is 0 Å². The molecule has 0 radical (unpaired) electrons. The third kappa shape index (κ3) is 5.04. The van der Waals surface area contributed by atoms with Crippen molar-refractivity contribution in [1.82, 2.24) is 10.6 Å². The van der Waals surface area contributed by atoms with E-state index in [1.807, 2.05) is 0 Å². The molecule has 2 atom stereocenters. The summed E-state index contributed by atoms with van der Waals surface area (Å²) in [6.07, 6.45) is 1.90. The molecule has 3 heteroatoms. The Labute approximate surface area is 320 Å². The first-order chi connectivity index (χ1) is 27.2. The molecule has 266 valence electrons. The third-order valence-electron chi connectivity index (χ3n) is 12.5. The molecule has 0 saturated heterocycles.